The molecule has 1 aliphatic rings. The lowest BCUT2D eigenvalue weighted by Crippen LogP contribution is -2.36. The van der Waals surface area contributed by atoms with Crippen LogP contribution in [0.5, 0.6) is 0 Å². The molecule has 0 radical (unpaired) electrons. The van der Waals surface area contributed by atoms with E-state index >= 15 is 0 Å². The molecule has 2 aromatic rings. The topological polar surface area (TPSA) is 79.4 Å². The lowest BCUT2D eigenvalue weighted by Gasteiger charge is -2.22. The number of carbonyl (C=O) groups is 1. The number of hydrogen-bond acceptors (Lipinski definition) is 4. The number of hydrogen-bond donors (Lipinski definition) is 1. The summed E-state index contributed by atoms with van der Waals surface area (Å²) in [5.74, 6) is -0.252. The highest BCUT2D eigenvalue weighted by Gasteiger charge is 2.35. The Hall–Kier alpha value is -2.17. The van der Waals surface area contributed by atoms with Gasteiger partial charge in [0.2, 0.25) is 15.9 Å². The van der Waals surface area contributed by atoms with E-state index < -0.39 is 31.7 Å². The lowest BCUT2D eigenvalue weighted by molar-refractivity contribution is -0.137. The molecule has 1 aromatic heterocycles. The summed E-state index contributed by atoms with van der Waals surface area (Å²) in [6.07, 6.45) is -1.54. The predicted octanol–water partition coefficient (Wildman–Crippen LogP) is 3.61. The number of sulfonamides is 1. The van der Waals surface area contributed by atoms with E-state index in [0.29, 0.717) is 12.6 Å². The van der Waals surface area contributed by atoms with Gasteiger partial charge in [0.05, 0.1) is 27.7 Å². The quantitative estimate of drug-likeness (QED) is 0.651. The minimum absolute atomic E-state index is 0.0988. The van der Waals surface area contributed by atoms with Crippen LogP contribution >= 0.6 is 11.6 Å². The second kappa shape index (κ2) is 8.91. The molecule has 0 aliphatic heterocycles. The van der Waals surface area contributed by atoms with E-state index in [2.05, 4.69) is 9.71 Å². The summed E-state index contributed by atoms with van der Waals surface area (Å²) in [5, 5.41) is -0.591. The van der Waals surface area contributed by atoms with Crippen LogP contribution in [-0.2, 0) is 27.5 Å². The van der Waals surface area contributed by atoms with Crippen molar-refractivity contribution >= 4 is 27.5 Å². The molecule has 1 fully saturated rings. The molecular formula is C19H19ClF3N3O3S. The standard InChI is InChI=1S/C19H19ClF3N3O3S/c20-17-7-6-15(11-16(17)19(21,22)23)30(28,29)25-10-8-18(27)26(14-4-5-14)12-13-3-1-2-9-24-13/h1-3,6-7,9,11,14,25H,4-5,8,10,12H2. The maximum Gasteiger partial charge on any atom is 0.417 e. The third kappa shape index (κ3) is 5.71. The van der Waals surface area contributed by atoms with Crippen molar-refractivity contribution in [1.82, 2.24) is 14.6 Å². The van der Waals surface area contributed by atoms with E-state index in [-0.39, 0.29) is 24.9 Å². The summed E-state index contributed by atoms with van der Waals surface area (Å²) >= 11 is 5.52. The fraction of sp³-hybridized carbons (Fsp3) is 0.368. The first-order valence-electron chi connectivity index (χ1n) is 9.14. The molecule has 0 unspecified atom stereocenters. The number of nitrogens with zero attached hydrogens (tertiary/aromatic N) is 2. The smallest absolute Gasteiger partial charge is 0.334 e. The molecule has 11 heteroatoms. The zero-order valence-corrected chi connectivity index (χ0v) is 17.3. The van der Waals surface area contributed by atoms with E-state index in [9.17, 15) is 26.4 Å². The van der Waals surface area contributed by atoms with Crippen molar-refractivity contribution < 1.29 is 26.4 Å². The van der Waals surface area contributed by atoms with Gasteiger partial charge in [-0.3, -0.25) is 9.78 Å². The summed E-state index contributed by atoms with van der Waals surface area (Å²) in [7, 11) is -4.24. The number of amides is 1. The molecule has 1 aromatic carbocycles. The van der Waals surface area contributed by atoms with Crippen molar-refractivity contribution in [2.75, 3.05) is 6.54 Å². The highest BCUT2D eigenvalue weighted by molar-refractivity contribution is 7.89. The Kier molecular flexibility index (Phi) is 6.68. The third-order valence-corrected chi connectivity index (χ3v) is 6.34. The van der Waals surface area contributed by atoms with Crippen LogP contribution in [0.15, 0.2) is 47.5 Å². The van der Waals surface area contributed by atoms with Gasteiger partial charge in [0.1, 0.15) is 0 Å². The van der Waals surface area contributed by atoms with Crippen molar-refractivity contribution in [3.05, 3.63) is 58.9 Å². The summed E-state index contributed by atoms with van der Waals surface area (Å²) in [5.41, 5.74) is -0.516. The van der Waals surface area contributed by atoms with Crippen LogP contribution in [0, 0.1) is 0 Å². The second-order valence-electron chi connectivity index (χ2n) is 6.86. The molecular weight excluding hydrogens is 443 g/mol. The van der Waals surface area contributed by atoms with E-state index in [1.54, 1.807) is 23.2 Å². The molecule has 1 amide bonds. The molecule has 0 spiro atoms. The first-order valence-corrected chi connectivity index (χ1v) is 11.0. The second-order valence-corrected chi connectivity index (χ2v) is 9.04. The molecule has 1 N–H and O–H groups in total. The number of carbonyl (C=O) groups excluding carboxylic acids is 1. The molecule has 1 heterocycles. The van der Waals surface area contributed by atoms with Crippen LogP contribution in [0.3, 0.4) is 0 Å². The number of benzene rings is 1. The zero-order chi connectivity index (χ0) is 21.9. The molecule has 0 atom stereocenters. The molecule has 162 valence electrons. The average molecular weight is 462 g/mol. The van der Waals surface area contributed by atoms with Crippen LogP contribution in [0.4, 0.5) is 13.2 Å². The van der Waals surface area contributed by atoms with Crippen LogP contribution < -0.4 is 4.72 Å². The molecule has 1 aliphatic carbocycles. The lowest BCUT2D eigenvalue weighted by atomic mass is 10.2. The Morgan fingerprint density at radius 1 is 1.23 bits per heavy atom. The van der Waals surface area contributed by atoms with Gasteiger partial charge in [-0.2, -0.15) is 13.2 Å². The summed E-state index contributed by atoms with van der Waals surface area (Å²) in [4.78, 5) is 17.9. The van der Waals surface area contributed by atoms with Crippen LogP contribution in [-0.4, -0.2) is 36.8 Å². The Morgan fingerprint density at radius 3 is 2.57 bits per heavy atom. The van der Waals surface area contributed by atoms with Gasteiger partial charge < -0.3 is 4.90 Å². The van der Waals surface area contributed by atoms with Gasteiger partial charge in [-0.05, 0) is 43.2 Å². The van der Waals surface area contributed by atoms with Crippen LogP contribution in [0.25, 0.3) is 0 Å². The minimum atomic E-state index is -4.78. The highest BCUT2D eigenvalue weighted by Crippen LogP contribution is 2.36. The highest BCUT2D eigenvalue weighted by atomic mass is 35.5. The third-order valence-electron chi connectivity index (χ3n) is 4.55. The van der Waals surface area contributed by atoms with Crippen molar-refractivity contribution in [3.63, 3.8) is 0 Å². The largest absolute Gasteiger partial charge is 0.417 e. The summed E-state index contributed by atoms with van der Waals surface area (Å²) in [6, 6.07) is 7.82. The Balaban J connectivity index is 1.62. The minimum Gasteiger partial charge on any atom is -0.334 e. The zero-order valence-electron chi connectivity index (χ0n) is 15.7. The van der Waals surface area contributed by atoms with Crippen molar-refractivity contribution in [2.24, 2.45) is 0 Å². The maximum atomic E-state index is 13.0. The molecule has 3 rings (SSSR count). The fourth-order valence-corrected chi connectivity index (χ4v) is 4.16. The molecule has 0 bridgehead atoms. The number of halogens is 4. The number of alkyl halides is 3. The SMILES string of the molecule is O=C(CCNS(=O)(=O)c1ccc(Cl)c(C(F)(F)F)c1)N(Cc1ccccn1)C1CC1. The Bertz CT molecular complexity index is 1010. The van der Waals surface area contributed by atoms with Crippen molar-refractivity contribution in [3.8, 4) is 0 Å². The predicted molar refractivity (Wildman–Crippen MR) is 104 cm³/mol. The number of rotatable bonds is 8. The van der Waals surface area contributed by atoms with E-state index in [0.717, 1.165) is 30.7 Å². The molecule has 30 heavy (non-hydrogen) atoms. The van der Waals surface area contributed by atoms with Crippen LogP contribution in [0.2, 0.25) is 5.02 Å². The van der Waals surface area contributed by atoms with Gasteiger partial charge >= 0.3 is 6.18 Å². The first-order chi connectivity index (χ1) is 14.1. The maximum absolute atomic E-state index is 13.0. The fourth-order valence-electron chi connectivity index (χ4n) is 2.88. The monoisotopic (exact) mass is 461 g/mol. The normalized spacial score (nSPS) is 14.5. The van der Waals surface area contributed by atoms with Gasteiger partial charge in [0.15, 0.2) is 0 Å². The van der Waals surface area contributed by atoms with E-state index in [4.69, 9.17) is 11.6 Å². The van der Waals surface area contributed by atoms with Crippen molar-refractivity contribution in [2.45, 2.75) is 42.9 Å². The Labute approximate surface area is 177 Å². The molecule has 0 saturated heterocycles. The number of nitrogens with one attached hydrogen (secondary N) is 1. The first kappa shape index (κ1) is 22.5. The van der Waals surface area contributed by atoms with E-state index in [1.165, 1.54) is 0 Å². The summed E-state index contributed by atoms with van der Waals surface area (Å²) < 4.78 is 65.8. The van der Waals surface area contributed by atoms with Gasteiger partial charge in [-0.1, -0.05) is 17.7 Å². The average Bonchev–Trinajstić information content (AvgIpc) is 3.51. The number of pyridine rings is 1. The van der Waals surface area contributed by atoms with Gasteiger partial charge in [0, 0.05) is 25.2 Å². The van der Waals surface area contributed by atoms with Gasteiger partial charge in [-0.15, -0.1) is 0 Å². The van der Waals surface area contributed by atoms with Crippen LogP contribution in [0.1, 0.15) is 30.5 Å². The molecule has 1 saturated carbocycles. The van der Waals surface area contributed by atoms with E-state index in [1.807, 2.05) is 6.07 Å². The Morgan fingerprint density at radius 2 is 1.97 bits per heavy atom. The number of aromatic nitrogens is 1. The van der Waals surface area contributed by atoms with Crippen molar-refractivity contribution in [1.29, 1.82) is 0 Å². The van der Waals surface area contributed by atoms with Gasteiger partial charge in [0.25, 0.3) is 0 Å². The van der Waals surface area contributed by atoms with Gasteiger partial charge in [-0.25, -0.2) is 13.1 Å². The summed E-state index contributed by atoms with van der Waals surface area (Å²) in [6.45, 7) is 0.0831. The molecule has 6 nitrogen and oxygen atoms in total.